The van der Waals surface area contributed by atoms with Crippen LogP contribution in [-0.2, 0) is 4.79 Å². The number of nitrogens with one attached hydrogen (secondary N) is 1. The first kappa shape index (κ1) is 15.3. The average Bonchev–Trinajstić information content (AvgIpc) is 3.00. The minimum Gasteiger partial charge on any atom is -0.361 e. The van der Waals surface area contributed by atoms with Crippen molar-refractivity contribution in [3.05, 3.63) is 54.0 Å². The van der Waals surface area contributed by atoms with Crippen molar-refractivity contribution in [2.45, 2.75) is 6.92 Å². The molecule has 0 bridgehead atoms. The van der Waals surface area contributed by atoms with Crippen LogP contribution in [0.1, 0.15) is 16.2 Å². The number of amides is 2. The molecule has 0 unspecified atom stereocenters. The molecule has 2 aromatic heterocycles. The molecule has 1 aliphatic heterocycles. The van der Waals surface area contributed by atoms with Crippen LogP contribution in [-0.4, -0.2) is 39.9 Å². The molecule has 0 radical (unpaired) electrons. The maximum Gasteiger partial charge on any atom is 0.276 e. The molecule has 1 aromatic carbocycles. The lowest BCUT2D eigenvalue weighted by Gasteiger charge is -2.37. The lowest BCUT2D eigenvalue weighted by atomic mass is 9.98. The lowest BCUT2D eigenvalue weighted by Crippen LogP contribution is -2.54. The Labute approximate surface area is 143 Å². The number of hydrogen-bond acceptors (Lipinski definition) is 5. The van der Waals surface area contributed by atoms with E-state index in [0.29, 0.717) is 18.8 Å². The van der Waals surface area contributed by atoms with Crippen molar-refractivity contribution in [2.75, 3.05) is 18.4 Å². The summed E-state index contributed by atoms with van der Waals surface area (Å²) in [6.07, 6.45) is 1.72. The fourth-order valence-electron chi connectivity index (χ4n) is 2.89. The van der Waals surface area contributed by atoms with E-state index in [4.69, 9.17) is 4.52 Å². The number of nitrogens with zero attached hydrogens (tertiary/aromatic N) is 3. The molecule has 25 heavy (non-hydrogen) atoms. The predicted molar refractivity (Wildman–Crippen MR) is 91.0 cm³/mol. The molecule has 1 aliphatic rings. The maximum atomic E-state index is 12.4. The van der Waals surface area contributed by atoms with Crippen molar-refractivity contribution in [3.63, 3.8) is 0 Å². The number of rotatable bonds is 3. The summed E-state index contributed by atoms with van der Waals surface area (Å²) in [6, 6.07) is 11.0. The minimum atomic E-state index is -0.233. The average molecular weight is 336 g/mol. The van der Waals surface area contributed by atoms with Crippen molar-refractivity contribution in [1.82, 2.24) is 15.0 Å². The summed E-state index contributed by atoms with van der Waals surface area (Å²) in [4.78, 5) is 30.5. The summed E-state index contributed by atoms with van der Waals surface area (Å²) in [5.41, 5.74) is 1.83. The summed E-state index contributed by atoms with van der Waals surface area (Å²) in [5, 5.41) is 7.55. The van der Waals surface area contributed by atoms with Crippen molar-refractivity contribution in [1.29, 1.82) is 0 Å². The largest absolute Gasteiger partial charge is 0.361 e. The molecule has 7 nitrogen and oxygen atoms in total. The Morgan fingerprint density at radius 2 is 2.08 bits per heavy atom. The van der Waals surface area contributed by atoms with Crippen molar-refractivity contribution in [2.24, 2.45) is 5.92 Å². The summed E-state index contributed by atoms with van der Waals surface area (Å²) in [7, 11) is 0. The number of aromatic nitrogens is 2. The predicted octanol–water partition coefficient (Wildman–Crippen LogP) is 2.24. The highest BCUT2D eigenvalue weighted by Crippen LogP contribution is 2.24. The highest BCUT2D eigenvalue weighted by molar-refractivity contribution is 6.03. The van der Waals surface area contributed by atoms with Gasteiger partial charge in [-0.2, -0.15) is 0 Å². The lowest BCUT2D eigenvalue weighted by molar-refractivity contribution is -0.123. The van der Waals surface area contributed by atoms with Gasteiger partial charge in [0.05, 0.1) is 17.1 Å². The van der Waals surface area contributed by atoms with Crippen LogP contribution in [0.2, 0.25) is 0 Å². The second kappa shape index (κ2) is 6.01. The van der Waals surface area contributed by atoms with E-state index < -0.39 is 0 Å². The first-order chi connectivity index (χ1) is 12.1. The molecule has 0 saturated carbocycles. The van der Waals surface area contributed by atoms with Crippen LogP contribution in [0, 0.1) is 12.8 Å². The second-order valence-electron chi connectivity index (χ2n) is 6.09. The van der Waals surface area contributed by atoms with Gasteiger partial charge in [0, 0.05) is 30.7 Å². The molecule has 1 saturated heterocycles. The van der Waals surface area contributed by atoms with E-state index in [2.05, 4.69) is 15.5 Å². The first-order valence-electron chi connectivity index (χ1n) is 7.99. The van der Waals surface area contributed by atoms with Crippen LogP contribution in [0.15, 0.2) is 47.1 Å². The molecule has 0 atom stereocenters. The topological polar surface area (TPSA) is 88.3 Å². The Morgan fingerprint density at radius 3 is 2.84 bits per heavy atom. The SMILES string of the molecule is Cc1cc(C(=O)N2CC(C(=O)Nc3cccc4ncccc34)C2)no1. The number of anilines is 1. The van der Waals surface area contributed by atoms with Crippen LogP contribution in [0.25, 0.3) is 10.9 Å². The van der Waals surface area contributed by atoms with E-state index >= 15 is 0 Å². The minimum absolute atomic E-state index is 0.100. The smallest absolute Gasteiger partial charge is 0.276 e. The monoisotopic (exact) mass is 336 g/mol. The quantitative estimate of drug-likeness (QED) is 0.792. The van der Waals surface area contributed by atoms with Crippen LogP contribution in [0.5, 0.6) is 0 Å². The van der Waals surface area contributed by atoms with E-state index in [1.807, 2.05) is 30.3 Å². The Hall–Kier alpha value is -3.22. The molecule has 7 heteroatoms. The van der Waals surface area contributed by atoms with E-state index in [9.17, 15) is 9.59 Å². The van der Waals surface area contributed by atoms with Gasteiger partial charge in [-0.05, 0) is 31.2 Å². The summed E-state index contributed by atoms with van der Waals surface area (Å²) in [6.45, 7) is 2.48. The van der Waals surface area contributed by atoms with Gasteiger partial charge in [-0.1, -0.05) is 11.2 Å². The molecule has 0 spiro atoms. The van der Waals surface area contributed by atoms with Gasteiger partial charge in [-0.3, -0.25) is 14.6 Å². The fraction of sp³-hybridized carbons (Fsp3) is 0.222. The third kappa shape index (κ3) is 2.84. The number of hydrogen-bond donors (Lipinski definition) is 1. The third-order valence-corrected chi connectivity index (χ3v) is 4.29. The molecule has 1 N–H and O–H groups in total. The molecule has 2 amide bonds. The number of carbonyl (C=O) groups is 2. The van der Waals surface area contributed by atoms with Gasteiger partial charge >= 0.3 is 0 Å². The van der Waals surface area contributed by atoms with Crippen LogP contribution < -0.4 is 5.32 Å². The van der Waals surface area contributed by atoms with Crippen molar-refractivity contribution >= 4 is 28.4 Å². The number of pyridine rings is 1. The maximum absolute atomic E-state index is 12.4. The zero-order valence-corrected chi connectivity index (χ0v) is 13.6. The second-order valence-corrected chi connectivity index (χ2v) is 6.09. The number of fused-ring (bicyclic) bond motifs is 1. The highest BCUT2D eigenvalue weighted by atomic mass is 16.5. The molecular formula is C18H16N4O3. The van der Waals surface area contributed by atoms with Crippen LogP contribution in [0.4, 0.5) is 5.69 Å². The summed E-state index contributed by atoms with van der Waals surface area (Å²) < 4.78 is 4.92. The van der Waals surface area contributed by atoms with Gasteiger partial charge in [0.15, 0.2) is 5.69 Å². The zero-order valence-electron chi connectivity index (χ0n) is 13.6. The Balaban J connectivity index is 1.41. The van der Waals surface area contributed by atoms with Crippen molar-refractivity contribution < 1.29 is 14.1 Å². The van der Waals surface area contributed by atoms with Crippen LogP contribution in [0.3, 0.4) is 0 Å². The van der Waals surface area contributed by atoms with Gasteiger partial charge in [0.2, 0.25) is 5.91 Å². The Bertz CT molecular complexity index is 954. The standard InChI is InChI=1S/C18H16N4O3/c1-11-8-16(21-25-11)18(24)22-9-12(10-22)17(23)20-15-6-2-5-14-13(15)4-3-7-19-14/h2-8,12H,9-10H2,1H3,(H,20,23). The number of carbonyl (C=O) groups excluding carboxylic acids is 2. The molecule has 3 heterocycles. The van der Waals surface area contributed by atoms with Crippen molar-refractivity contribution in [3.8, 4) is 0 Å². The Morgan fingerprint density at radius 1 is 1.24 bits per heavy atom. The number of aryl methyl sites for hydroxylation is 1. The van der Waals surface area contributed by atoms with E-state index in [0.717, 1.165) is 16.6 Å². The molecule has 0 aliphatic carbocycles. The fourth-order valence-corrected chi connectivity index (χ4v) is 2.89. The van der Waals surface area contributed by atoms with Gasteiger partial charge in [-0.15, -0.1) is 0 Å². The number of likely N-dealkylation sites (tertiary alicyclic amines) is 1. The molecule has 126 valence electrons. The molecular weight excluding hydrogens is 320 g/mol. The first-order valence-corrected chi connectivity index (χ1v) is 7.99. The van der Waals surface area contributed by atoms with E-state index in [-0.39, 0.29) is 23.4 Å². The van der Waals surface area contributed by atoms with Gasteiger partial charge in [0.1, 0.15) is 5.76 Å². The van der Waals surface area contributed by atoms with Gasteiger partial charge in [-0.25, -0.2) is 0 Å². The molecule has 3 aromatic rings. The highest BCUT2D eigenvalue weighted by Gasteiger charge is 2.37. The Kier molecular flexibility index (Phi) is 3.68. The third-order valence-electron chi connectivity index (χ3n) is 4.29. The summed E-state index contributed by atoms with van der Waals surface area (Å²) in [5.74, 6) is 0.0404. The van der Waals surface area contributed by atoms with Gasteiger partial charge in [0.25, 0.3) is 5.91 Å². The normalized spacial score (nSPS) is 14.4. The number of benzene rings is 1. The van der Waals surface area contributed by atoms with Crippen LogP contribution >= 0.6 is 0 Å². The summed E-state index contributed by atoms with van der Waals surface area (Å²) >= 11 is 0. The molecule has 1 fully saturated rings. The molecule has 4 rings (SSSR count). The van der Waals surface area contributed by atoms with E-state index in [1.165, 1.54) is 0 Å². The zero-order chi connectivity index (χ0) is 17.4. The van der Waals surface area contributed by atoms with E-state index in [1.54, 1.807) is 24.1 Å². The van der Waals surface area contributed by atoms with Gasteiger partial charge < -0.3 is 14.7 Å².